The molecule has 20 heavy (non-hydrogen) atoms. The number of hydrogen-bond donors (Lipinski definition) is 2. The summed E-state index contributed by atoms with van der Waals surface area (Å²) >= 11 is 0. The van der Waals surface area contributed by atoms with Gasteiger partial charge in [-0.25, -0.2) is 4.39 Å². The summed E-state index contributed by atoms with van der Waals surface area (Å²) in [5.74, 6) is -1.03. The van der Waals surface area contributed by atoms with Gasteiger partial charge in [0.15, 0.2) is 0 Å². The molecule has 4 heteroatoms. The lowest BCUT2D eigenvalue weighted by molar-refractivity contribution is -0.122. The molecule has 3 nitrogen and oxygen atoms in total. The van der Waals surface area contributed by atoms with Gasteiger partial charge in [-0.2, -0.15) is 0 Å². The molecular weight excluding hydrogens is 257 g/mol. The van der Waals surface area contributed by atoms with Crippen molar-refractivity contribution >= 4 is 5.91 Å². The Morgan fingerprint density at radius 3 is 2.45 bits per heavy atom. The number of hydrogen-bond acceptors (Lipinski definition) is 2. The highest BCUT2D eigenvalue weighted by molar-refractivity contribution is 5.83. The number of carbonyl (C=O) groups is 1. The van der Waals surface area contributed by atoms with E-state index in [9.17, 15) is 14.3 Å². The first-order valence-electron chi connectivity index (χ1n) is 7.21. The maximum atomic E-state index is 13.6. The predicted octanol–water partition coefficient (Wildman–Crippen LogP) is 2.84. The molecule has 1 rings (SSSR count). The van der Waals surface area contributed by atoms with Crippen molar-refractivity contribution in [1.82, 2.24) is 5.32 Å². The summed E-state index contributed by atoms with van der Waals surface area (Å²) in [6, 6.07) is 6.26. The molecule has 0 heterocycles. The highest BCUT2D eigenvalue weighted by Gasteiger charge is 2.21. The van der Waals surface area contributed by atoms with Crippen LogP contribution in [0, 0.1) is 11.7 Å². The third-order valence-corrected chi connectivity index (χ3v) is 3.84. The first kappa shape index (κ1) is 16.6. The summed E-state index contributed by atoms with van der Waals surface area (Å²) < 4.78 is 13.6. The molecule has 2 N–H and O–H groups in total. The molecule has 112 valence electrons. The molecule has 2 atom stereocenters. The summed E-state index contributed by atoms with van der Waals surface area (Å²) in [6.45, 7) is 5.91. The summed E-state index contributed by atoms with van der Waals surface area (Å²) in [4.78, 5) is 12.0. The standard InChI is InChI=1S/C16H24FNO2/c1-4-12(5-2)15(19)10-18-16(20)11(3)13-8-6-7-9-14(13)17/h6-9,11-12,15,19H,4-5,10H2,1-3H3,(H,18,20). The quantitative estimate of drug-likeness (QED) is 0.807. The van der Waals surface area contributed by atoms with Crippen molar-refractivity contribution < 1.29 is 14.3 Å². The Hall–Kier alpha value is -1.42. The summed E-state index contributed by atoms with van der Waals surface area (Å²) in [5, 5.41) is 12.7. The van der Waals surface area contributed by atoms with E-state index < -0.39 is 12.0 Å². The third-order valence-electron chi connectivity index (χ3n) is 3.84. The topological polar surface area (TPSA) is 49.3 Å². The van der Waals surface area contributed by atoms with Gasteiger partial charge in [0.1, 0.15) is 5.82 Å². The SMILES string of the molecule is CCC(CC)C(O)CNC(=O)C(C)c1ccccc1F. The zero-order chi connectivity index (χ0) is 15.1. The second kappa shape index (κ2) is 8.00. The molecule has 1 aromatic rings. The van der Waals surface area contributed by atoms with E-state index >= 15 is 0 Å². The normalized spacial score (nSPS) is 14.1. The lowest BCUT2D eigenvalue weighted by Gasteiger charge is -2.21. The number of carbonyl (C=O) groups excluding carboxylic acids is 1. The van der Waals surface area contributed by atoms with Gasteiger partial charge in [-0.15, -0.1) is 0 Å². The summed E-state index contributed by atoms with van der Waals surface area (Å²) in [7, 11) is 0. The molecule has 0 saturated heterocycles. The third kappa shape index (κ3) is 4.30. The molecule has 0 fully saturated rings. The highest BCUT2D eigenvalue weighted by Crippen LogP contribution is 2.19. The monoisotopic (exact) mass is 281 g/mol. The fourth-order valence-electron chi connectivity index (χ4n) is 2.33. The van der Waals surface area contributed by atoms with Gasteiger partial charge in [-0.3, -0.25) is 4.79 Å². The van der Waals surface area contributed by atoms with E-state index in [0.717, 1.165) is 12.8 Å². The second-order valence-corrected chi connectivity index (χ2v) is 5.13. The Kier molecular flexibility index (Phi) is 6.65. The molecular formula is C16H24FNO2. The van der Waals surface area contributed by atoms with Gasteiger partial charge in [0.2, 0.25) is 5.91 Å². The molecule has 0 aliphatic rings. The summed E-state index contributed by atoms with van der Waals surface area (Å²) in [6.07, 6.45) is 1.19. The fraction of sp³-hybridized carbons (Fsp3) is 0.562. The minimum atomic E-state index is -0.565. The van der Waals surface area contributed by atoms with Crippen molar-refractivity contribution in [2.45, 2.75) is 45.6 Å². The Balaban J connectivity index is 2.57. The van der Waals surface area contributed by atoms with E-state index in [2.05, 4.69) is 5.32 Å². The zero-order valence-corrected chi connectivity index (χ0v) is 12.4. The van der Waals surface area contributed by atoms with Crippen LogP contribution in [0.5, 0.6) is 0 Å². The van der Waals surface area contributed by atoms with Crippen molar-refractivity contribution in [1.29, 1.82) is 0 Å². The lowest BCUT2D eigenvalue weighted by atomic mass is 9.96. The molecule has 1 aromatic carbocycles. The number of aliphatic hydroxyl groups is 1. The average Bonchev–Trinajstić information content (AvgIpc) is 2.45. The van der Waals surface area contributed by atoms with Crippen LogP contribution in [-0.2, 0) is 4.79 Å². The van der Waals surface area contributed by atoms with Crippen molar-refractivity contribution in [2.24, 2.45) is 5.92 Å². The molecule has 0 spiro atoms. The largest absolute Gasteiger partial charge is 0.391 e. The molecule has 0 saturated carbocycles. The zero-order valence-electron chi connectivity index (χ0n) is 12.4. The molecule has 0 aliphatic heterocycles. The number of benzene rings is 1. The predicted molar refractivity (Wildman–Crippen MR) is 77.9 cm³/mol. The van der Waals surface area contributed by atoms with E-state index in [-0.39, 0.29) is 24.2 Å². The van der Waals surface area contributed by atoms with Gasteiger partial charge >= 0.3 is 0 Å². The molecule has 0 bridgehead atoms. The minimum Gasteiger partial charge on any atom is -0.391 e. The van der Waals surface area contributed by atoms with Gasteiger partial charge in [0.05, 0.1) is 12.0 Å². The van der Waals surface area contributed by atoms with E-state index in [0.29, 0.717) is 5.56 Å². The minimum absolute atomic E-state index is 0.180. The fourth-order valence-corrected chi connectivity index (χ4v) is 2.33. The van der Waals surface area contributed by atoms with Crippen LogP contribution < -0.4 is 5.32 Å². The van der Waals surface area contributed by atoms with Crippen LogP contribution in [0.2, 0.25) is 0 Å². The number of amides is 1. The number of nitrogens with one attached hydrogen (secondary N) is 1. The number of halogens is 1. The van der Waals surface area contributed by atoms with Crippen LogP contribution in [0.1, 0.15) is 45.1 Å². The molecule has 2 unspecified atom stereocenters. The second-order valence-electron chi connectivity index (χ2n) is 5.13. The first-order chi connectivity index (χ1) is 9.51. The maximum Gasteiger partial charge on any atom is 0.227 e. The molecule has 0 radical (unpaired) electrons. The number of aliphatic hydroxyl groups excluding tert-OH is 1. The molecule has 1 amide bonds. The van der Waals surface area contributed by atoms with E-state index in [1.807, 2.05) is 13.8 Å². The van der Waals surface area contributed by atoms with Crippen LogP contribution in [-0.4, -0.2) is 23.7 Å². The Labute approximate surface area is 120 Å². The van der Waals surface area contributed by atoms with Crippen molar-refractivity contribution in [3.63, 3.8) is 0 Å². The smallest absolute Gasteiger partial charge is 0.227 e. The van der Waals surface area contributed by atoms with Crippen LogP contribution in [0.25, 0.3) is 0 Å². The van der Waals surface area contributed by atoms with Gasteiger partial charge in [-0.05, 0) is 24.5 Å². The van der Waals surface area contributed by atoms with Crippen LogP contribution in [0.15, 0.2) is 24.3 Å². The molecule has 0 aromatic heterocycles. The van der Waals surface area contributed by atoms with Gasteiger partial charge < -0.3 is 10.4 Å². The lowest BCUT2D eigenvalue weighted by Crippen LogP contribution is -2.38. The van der Waals surface area contributed by atoms with Gasteiger partial charge in [-0.1, -0.05) is 44.9 Å². The van der Waals surface area contributed by atoms with Crippen molar-refractivity contribution in [3.05, 3.63) is 35.6 Å². The Morgan fingerprint density at radius 2 is 1.90 bits per heavy atom. The highest BCUT2D eigenvalue weighted by atomic mass is 19.1. The van der Waals surface area contributed by atoms with Crippen LogP contribution in [0.4, 0.5) is 4.39 Å². The van der Waals surface area contributed by atoms with Gasteiger partial charge in [0.25, 0.3) is 0 Å². The Morgan fingerprint density at radius 1 is 1.30 bits per heavy atom. The first-order valence-corrected chi connectivity index (χ1v) is 7.21. The summed E-state index contributed by atoms with van der Waals surface area (Å²) in [5.41, 5.74) is 0.377. The van der Waals surface area contributed by atoms with E-state index in [1.54, 1.807) is 25.1 Å². The number of rotatable bonds is 7. The Bertz CT molecular complexity index is 432. The van der Waals surface area contributed by atoms with Crippen LogP contribution >= 0.6 is 0 Å². The van der Waals surface area contributed by atoms with Crippen molar-refractivity contribution in [3.8, 4) is 0 Å². The van der Waals surface area contributed by atoms with Crippen LogP contribution in [0.3, 0.4) is 0 Å². The molecule has 0 aliphatic carbocycles. The van der Waals surface area contributed by atoms with Crippen molar-refractivity contribution in [2.75, 3.05) is 6.54 Å². The van der Waals surface area contributed by atoms with E-state index in [4.69, 9.17) is 0 Å². The van der Waals surface area contributed by atoms with E-state index in [1.165, 1.54) is 6.07 Å². The maximum absolute atomic E-state index is 13.6. The van der Waals surface area contributed by atoms with Gasteiger partial charge in [0, 0.05) is 6.54 Å². The average molecular weight is 281 g/mol.